The molecule has 25 heavy (non-hydrogen) atoms. The summed E-state index contributed by atoms with van der Waals surface area (Å²) in [5.41, 5.74) is 7.17. The van der Waals surface area contributed by atoms with Gasteiger partial charge in [0, 0.05) is 31.9 Å². The topological polar surface area (TPSA) is 110 Å². The minimum atomic E-state index is -0.642. The Kier molecular flexibility index (Phi) is 7.18. The van der Waals surface area contributed by atoms with Crippen molar-refractivity contribution in [2.24, 2.45) is 0 Å². The molecular formula is C18H24N4O3. The van der Waals surface area contributed by atoms with Gasteiger partial charge in [-0.3, -0.25) is 4.79 Å². The van der Waals surface area contributed by atoms with Gasteiger partial charge in [0.2, 0.25) is 5.91 Å². The summed E-state index contributed by atoms with van der Waals surface area (Å²) < 4.78 is 5.62. The first kappa shape index (κ1) is 18.7. The fourth-order valence-electron chi connectivity index (χ4n) is 2.19. The van der Waals surface area contributed by atoms with E-state index < -0.39 is 6.10 Å². The molecule has 1 atom stereocenters. The molecule has 0 spiro atoms. The summed E-state index contributed by atoms with van der Waals surface area (Å²) >= 11 is 0. The van der Waals surface area contributed by atoms with E-state index in [2.05, 4.69) is 15.6 Å². The third-order valence-electron chi connectivity index (χ3n) is 3.65. The average Bonchev–Trinajstić information content (AvgIpc) is 2.63. The number of nitrogens with one attached hydrogen (secondary N) is 2. The van der Waals surface area contributed by atoms with E-state index in [4.69, 9.17) is 10.5 Å². The Balaban J connectivity index is 1.65. The van der Waals surface area contributed by atoms with Crippen LogP contribution >= 0.6 is 0 Å². The van der Waals surface area contributed by atoms with Crippen molar-refractivity contribution in [1.82, 2.24) is 15.6 Å². The number of benzene rings is 1. The van der Waals surface area contributed by atoms with Gasteiger partial charge >= 0.3 is 0 Å². The van der Waals surface area contributed by atoms with Crippen molar-refractivity contribution >= 4 is 11.7 Å². The molecule has 2 aromatic rings. The zero-order chi connectivity index (χ0) is 18.1. The van der Waals surface area contributed by atoms with Crippen molar-refractivity contribution in [3.8, 4) is 5.75 Å². The Labute approximate surface area is 147 Å². The molecule has 0 bridgehead atoms. The molecule has 5 N–H and O–H groups in total. The molecule has 0 radical (unpaired) electrons. The van der Waals surface area contributed by atoms with Gasteiger partial charge in [-0.05, 0) is 23.8 Å². The largest absolute Gasteiger partial charge is 0.492 e. The molecule has 1 amide bonds. The molecule has 1 heterocycles. The van der Waals surface area contributed by atoms with E-state index in [0.717, 1.165) is 11.3 Å². The Morgan fingerprint density at radius 2 is 2.04 bits per heavy atom. The standard InChI is InChI=1S/C18H24N4O3/c1-20-18(24)10-13-2-5-15(6-3-13)25-9-8-21-12-16(23)14-4-7-17(19)22-11-14/h2-7,11,16,21,23H,8-10,12H2,1H3,(H2,19,22)(H,20,24)/t16-/m0/s1. The van der Waals surface area contributed by atoms with Gasteiger partial charge < -0.3 is 26.2 Å². The summed E-state index contributed by atoms with van der Waals surface area (Å²) in [6.45, 7) is 1.47. The molecule has 0 aliphatic heterocycles. The molecule has 2 rings (SSSR count). The molecule has 0 saturated heterocycles. The van der Waals surface area contributed by atoms with Gasteiger partial charge in [-0.15, -0.1) is 0 Å². The maximum atomic E-state index is 11.3. The second kappa shape index (κ2) is 9.61. The maximum Gasteiger partial charge on any atom is 0.224 e. The maximum absolute atomic E-state index is 11.3. The summed E-state index contributed by atoms with van der Waals surface area (Å²) in [7, 11) is 1.62. The van der Waals surface area contributed by atoms with Crippen LogP contribution in [0.2, 0.25) is 0 Å². The predicted octanol–water partition coefficient (Wildman–Crippen LogP) is 0.654. The van der Waals surface area contributed by atoms with Crippen LogP contribution in [0.3, 0.4) is 0 Å². The van der Waals surface area contributed by atoms with Gasteiger partial charge in [-0.2, -0.15) is 0 Å². The number of rotatable bonds is 9. The smallest absolute Gasteiger partial charge is 0.224 e. The molecule has 1 aromatic carbocycles. The van der Waals surface area contributed by atoms with Crippen LogP contribution in [-0.2, 0) is 11.2 Å². The van der Waals surface area contributed by atoms with E-state index in [-0.39, 0.29) is 5.91 Å². The quantitative estimate of drug-likeness (QED) is 0.498. The van der Waals surface area contributed by atoms with Crippen LogP contribution in [0.15, 0.2) is 42.6 Å². The Morgan fingerprint density at radius 3 is 2.68 bits per heavy atom. The summed E-state index contributed by atoms with van der Waals surface area (Å²) in [6.07, 6.45) is 1.28. The Morgan fingerprint density at radius 1 is 1.28 bits per heavy atom. The third kappa shape index (κ3) is 6.40. The summed E-state index contributed by atoms with van der Waals surface area (Å²) in [6, 6.07) is 10.8. The van der Waals surface area contributed by atoms with Gasteiger partial charge in [-0.25, -0.2) is 4.98 Å². The number of amides is 1. The highest BCUT2D eigenvalue weighted by atomic mass is 16.5. The van der Waals surface area contributed by atoms with Crippen molar-refractivity contribution in [1.29, 1.82) is 0 Å². The minimum absolute atomic E-state index is 0.0206. The van der Waals surface area contributed by atoms with Crippen molar-refractivity contribution in [3.05, 3.63) is 53.7 Å². The second-order valence-electron chi connectivity index (χ2n) is 5.58. The fourth-order valence-corrected chi connectivity index (χ4v) is 2.19. The molecule has 0 aliphatic rings. The van der Waals surface area contributed by atoms with Gasteiger partial charge in [0.1, 0.15) is 18.2 Å². The van der Waals surface area contributed by atoms with Crippen molar-refractivity contribution in [3.63, 3.8) is 0 Å². The lowest BCUT2D eigenvalue weighted by atomic mass is 10.1. The zero-order valence-electron chi connectivity index (χ0n) is 14.2. The summed E-state index contributed by atoms with van der Waals surface area (Å²) in [4.78, 5) is 15.3. The van der Waals surface area contributed by atoms with Crippen LogP contribution < -0.4 is 21.1 Å². The summed E-state index contributed by atoms with van der Waals surface area (Å²) in [5.74, 6) is 1.15. The van der Waals surface area contributed by atoms with E-state index in [1.165, 1.54) is 0 Å². The number of nitrogen functional groups attached to an aromatic ring is 1. The lowest BCUT2D eigenvalue weighted by Crippen LogP contribution is -2.26. The Bertz CT molecular complexity index is 659. The number of aliphatic hydroxyl groups is 1. The number of aromatic nitrogens is 1. The average molecular weight is 344 g/mol. The van der Waals surface area contributed by atoms with E-state index in [1.807, 2.05) is 24.3 Å². The molecule has 1 aromatic heterocycles. The first-order valence-corrected chi connectivity index (χ1v) is 8.11. The van der Waals surface area contributed by atoms with Crippen LogP contribution in [-0.4, -0.2) is 42.7 Å². The fraction of sp³-hybridized carbons (Fsp3) is 0.333. The first-order valence-electron chi connectivity index (χ1n) is 8.11. The van der Waals surface area contributed by atoms with E-state index in [0.29, 0.717) is 37.5 Å². The molecule has 7 heteroatoms. The van der Waals surface area contributed by atoms with Crippen LogP contribution in [0.25, 0.3) is 0 Å². The molecule has 0 unspecified atom stereocenters. The van der Waals surface area contributed by atoms with Crippen molar-refractivity contribution in [2.45, 2.75) is 12.5 Å². The molecule has 0 fully saturated rings. The number of aliphatic hydroxyl groups excluding tert-OH is 1. The molecule has 0 aliphatic carbocycles. The molecule has 0 saturated carbocycles. The second-order valence-corrected chi connectivity index (χ2v) is 5.58. The van der Waals surface area contributed by atoms with Crippen LogP contribution in [0, 0.1) is 0 Å². The van der Waals surface area contributed by atoms with Crippen molar-refractivity contribution < 1.29 is 14.6 Å². The van der Waals surface area contributed by atoms with Gasteiger partial charge in [-0.1, -0.05) is 18.2 Å². The number of pyridine rings is 1. The monoisotopic (exact) mass is 344 g/mol. The number of carbonyl (C=O) groups excluding carboxylic acids is 1. The number of hydrogen-bond acceptors (Lipinski definition) is 6. The molecule has 7 nitrogen and oxygen atoms in total. The normalized spacial score (nSPS) is 11.8. The number of ether oxygens (including phenoxy) is 1. The number of anilines is 1. The van der Waals surface area contributed by atoms with E-state index >= 15 is 0 Å². The van der Waals surface area contributed by atoms with Gasteiger partial charge in [0.25, 0.3) is 0 Å². The predicted molar refractivity (Wildman–Crippen MR) is 96.2 cm³/mol. The van der Waals surface area contributed by atoms with Crippen LogP contribution in [0.1, 0.15) is 17.2 Å². The lowest BCUT2D eigenvalue weighted by molar-refractivity contribution is -0.119. The SMILES string of the molecule is CNC(=O)Cc1ccc(OCCNC[C@H](O)c2ccc(N)nc2)cc1. The highest BCUT2D eigenvalue weighted by Crippen LogP contribution is 2.13. The minimum Gasteiger partial charge on any atom is -0.492 e. The van der Waals surface area contributed by atoms with Crippen LogP contribution in [0.5, 0.6) is 5.75 Å². The number of hydrogen-bond donors (Lipinski definition) is 4. The highest BCUT2D eigenvalue weighted by Gasteiger charge is 2.07. The molecular weight excluding hydrogens is 320 g/mol. The number of nitrogens with zero attached hydrogens (tertiary/aromatic N) is 1. The van der Waals surface area contributed by atoms with Crippen molar-refractivity contribution in [2.75, 3.05) is 32.5 Å². The third-order valence-corrected chi connectivity index (χ3v) is 3.65. The summed E-state index contributed by atoms with van der Waals surface area (Å²) in [5, 5.41) is 15.8. The van der Waals surface area contributed by atoms with Crippen LogP contribution in [0.4, 0.5) is 5.82 Å². The first-order chi connectivity index (χ1) is 12.1. The lowest BCUT2D eigenvalue weighted by Gasteiger charge is -2.12. The molecule has 134 valence electrons. The van der Waals surface area contributed by atoms with Gasteiger partial charge in [0.05, 0.1) is 12.5 Å². The Hall–Kier alpha value is -2.64. The number of nitrogens with two attached hydrogens (primary N) is 1. The number of carbonyl (C=O) groups is 1. The van der Waals surface area contributed by atoms with E-state index in [9.17, 15) is 9.90 Å². The number of likely N-dealkylation sites (N-methyl/N-ethyl adjacent to an activating group) is 1. The van der Waals surface area contributed by atoms with E-state index in [1.54, 1.807) is 25.4 Å². The van der Waals surface area contributed by atoms with Gasteiger partial charge in [0.15, 0.2) is 0 Å². The zero-order valence-corrected chi connectivity index (χ0v) is 14.2. The highest BCUT2D eigenvalue weighted by molar-refractivity contribution is 5.78.